The fourth-order valence-corrected chi connectivity index (χ4v) is 7.42. The highest BCUT2D eigenvalue weighted by Gasteiger charge is 2.19. The second-order valence-electron chi connectivity index (χ2n) is 18.1. The Morgan fingerprint density at radius 2 is 0.582 bits per heavy atom. The van der Waals surface area contributed by atoms with Crippen LogP contribution in [-0.4, -0.2) is 37.2 Å². The summed E-state index contributed by atoms with van der Waals surface area (Å²) in [6.07, 6.45) is 72.5. The Bertz CT molecular complexity index is 1350. The molecule has 6 nitrogen and oxygen atoms in total. The maximum Gasteiger partial charge on any atom is 0.306 e. The topological polar surface area (TPSA) is 78.9 Å². The number of allylic oxidation sites excluding steroid dienone is 16. The molecule has 0 spiro atoms. The van der Waals surface area contributed by atoms with E-state index in [-0.39, 0.29) is 31.1 Å². The van der Waals surface area contributed by atoms with Crippen molar-refractivity contribution < 1.29 is 28.6 Å². The first kappa shape index (κ1) is 63.3. The van der Waals surface area contributed by atoms with Crippen molar-refractivity contribution in [1.82, 2.24) is 0 Å². The minimum atomic E-state index is -0.794. The summed E-state index contributed by atoms with van der Waals surface area (Å²) in [6, 6.07) is 0. The summed E-state index contributed by atoms with van der Waals surface area (Å²) in [7, 11) is 0. The van der Waals surface area contributed by atoms with E-state index in [1.807, 2.05) is 0 Å². The second kappa shape index (κ2) is 54.9. The maximum absolute atomic E-state index is 12.8. The lowest BCUT2D eigenvalue weighted by Gasteiger charge is -2.18. The lowest BCUT2D eigenvalue weighted by molar-refractivity contribution is -0.167. The van der Waals surface area contributed by atoms with Gasteiger partial charge in [0.05, 0.1) is 0 Å². The van der Waals surface area contributed by atoms with Crippen molar-refractivity contribution in [2.45, 2.75) is 258 Å². The van der Waals surface area contributed by atoms with E-state index >= 15 is 0 Å². The van der Waals surface area contributed by atoms with Gasteiger partial charge in [-0.05, 0) is 103 Å². The van der Waals surface area contributed by atoms with Crippen LogP contribution in [0.25, 0.3) is 0 Å². The first-order valence-corrected chi connectivity index (χ1v) is 27.7. The molecule has 0 saturated heterocycles. The molecule has 0 aromatic carbocycles. The molecule has 0 N–H and O–H groups in total. The molecule has 0 aromatic rings. The molecule has 1 atom stereocenters. The zero-order chi connectivity index (χ0) is 48.6. The van der Waals surface area contributed by atoms with Crippen molar-refractivity contribution in [2.75, 3.05) is 13.2 Å². The van der Waals surface area contributed by atoms with Crippen LogP contribution in [0, 0.1) is 0 Å². The van der Waals surface area contributed by atoms with Crippen LogP contribution in [0.2, 0.25) is 0 Å². The summed E-state index contributed by atoms with van der Waals surface area (Å²) in [4.78, 5) is 38.0. The summed E-state index contributed by atoms with van der Waals surface area (Å²) in [5.41, 5.74) is 0. The van der Waals surface area contributed by atoms with E-state index in [2.05, 4.69) is 118 Å². The summed E-state index contributed by atoms with van der Waals surface area (Å²) in [5.74, 6) is -0.934. The number of esters is 3. The van der Waals surface area contributed by atoms with Crippen molar-refractivity contribution >= 4 is 17.9 Å². The number of unbranched alkanes of at least 4 members (excludes halogenated alkanes) is 22. The third kappa shape index (κ3) is 53.2. The average Bonchev–Trinajstić information content (AvgIpc) is 3.33. The summed E-state index contributed by atoms with van der Waals surface area (Å²) < 4.78 is 16.8. The molecule has 0 aliphatic rings. The zero-order valence-electron chi connectivity index (χ0n) is 43.6. The first-order valence-electron chi connectivity index (χ1n) is 27.7. The van der Waals surface area contributed by atoms with Gasteiger partial charge in [-0.25, -0.2) is 0 Å². The Balaban J connectivity index is 4.38. The highest BCUT2D eigenvalue weighted by molar-refractivity contribution is 5.71. The molecule has 0 radical (unpaired) electrons. The normalized spacial score (nSPS) is 12.8. The van der Waals surface area contributed by atoms with Crippen LogP contribution in [0.5, 0.6) is 0 Å². The Kier molecular flexibility index (Phi) is 51.9. The third-order valence-electron chi connectivity index (χ3n) is 11.6. The monoisotopic (exact) mass is 931 g/mol. The van der Waals surface area contributed by atoms with Gasteiger partial charge in [0.25, 0.3) is 0 Å². The molecule has 0 amide bonds. The number of carbonyl (C=O) groups is 3. The van der Waals surface area contributed by atoms with E-state index < -0.39 is 6.10 Å². The van der Waals surface area contributed by atoms with Crippen LogP contribution < -0.4 is 0 Å². The van der Waals surface area contributed by atoms with Crippen molar-refractivity contribution in [3.05, 3.63) is 97.2 Å². The second-order valence-corrected chi connectivity index (χ2v) is 18.1. The molecule has 0 aliphatic carbocycles. The fourth-order valence-electron chi connectivity index (χ4n) is 7.42. The van der Waals surface area contributed by atoms with Crippen molar-refractivity contribution in [3.8, 4) is 0 Å². The Hall–Kier alpha value is -3.67. The van der Waals surface area contributed by atoms with Crippen LogP contribution >= 0.6 is 0 Å². The Labute approximate surface area is 413 Å². The standard InChI is InChI=1S/C61H102O6/c1-4-7-10-13-16-19-22-25-26-27-28-29-30-31-32-33-34-35-36-37-40-42-45-48-51-54-60(63)66-57-58(67-61(64)55-52-49-46-43-39-24-21-18-15-12-9-6-3)56-65-59(62)53-50-47-44-41-38-23-20-17-14-11-8-5-2/h7,10,16,18-19,21,25-26,28-29,31-32,34-35,37,40,58H,4-6,8-9,11-15,17,20,22-24,27,30,33,36,38-39,41-57H2,1-3H3/b10-7-,19-16-,21-18-,26-25-,29-28-,32-31-,35-34-,40-37-. The lowest BCUT2D eigenvalue weighted by Crippen LogP contribution is -2.30. The minimum absolute atomic E-state index is 0.0903. The van der Waals surface area contributed by atoms with Gasteiger partial charge in [0.2, 0.25) is 0 Å². The Morgan fingerprint density at radius 1 is 0.313 bits per heavy atom. The van der Waals surface area contributed by atoms with Crippen LogP contribution in [0.15, 0.2) is 97.2 Å². The van der Waals surface area contributed by atoms with E-state index in [1.54, 1.807) is 0 Å². The number of hydrogen-bond donors (Lipinski definition) is 0. The fraction of sp³-hybridized carbons (Fsp3) is 0.689. The molecule has 0 bridgehead atoms. The highest BCUT2D eigenvalue weighted by atomic mass is 16.6. The lowest BCUT2D eigenvalue weighted by atomic mass is 10.0. The van der Waals surface area contributed by atoms with Crippen LogP contribution in [0.3, 0.4) is 0 Å². The van der Waals surface area contributed by atoms with Gasteiger partial charge in [0, 0.05) is 19.3 Å². The van der Waals surface area contributed by atoms with Gasteiger partial charge >= 0.3 is 17.9 Å². The van der Waals surface area contributed by atoms with E-state index in [9.17, 15) is 14.4 Å². The molecular weight excluding hydrogens is 829 g/mol. The largest absolute Gasteiger partial charge is 0.462 e. The first-order chi connectivity index (χ1) is 33.0. The highest BCUT2D eigenvalue weighted by Crippen LogP contribution is 2.14. The quantitative estimate of drug-likeness (QED) is 0.0262. The summed E-state index contributed by atoms with van der Waals surface area (Å²) in [6.45, 7) is 6.46. The van der Waals surface area contributed by atoms with Gasteiger partial charge < -0.3 is 14.2 Å². The molecule has 67 heavy (non-hydrogen) atoms. The predicted octanol–water partition coefficient (Wildman–Crippen LogP) is 18.5. The van der Waals surface area contributed by atoms with Crippen molar-refractivity contribution in [2.24, 2.45) is 0 Å². The smallest absolute Gasteiger partial charge is 0.306 e. The number of hydrogen-bond acceptors (Lipinski definition) is 6. The van der Waals surface area contributed by atoms with E-state index in [0.29, 0.717) is 19.3 Å². The number of ether oxygens (including phenoxy) is 3. The van der Waals surface area contributed by atoms with Gasteiger partial charge in [-0.1, -0.05) is 227 Å². The van der Waals surface area contributed by atoms with Gasteiger partial charge in [0.1, 0.15) is 13.2 Å². The molecule has 1 unspecified atom stereocenters. The van der Waals surface area contributed by atoms with E-state index in [4.69, 9.17) is 14.2 Å². The zero-order valence-corrected chi connectivity index (χ0v) is 43.6. The molecule has 0 aliphatic heterocycles. The van der Waals surface area contributed by atoms with Gasteiger partial charge in [0.15, 0.2) is 6.10 Å². The van der Waals surface area contributed by atoms with E-state index in [0.717, 1.165) is 122 Å². The third-order valence-corrected chi connectivity index (χ3v) is 11.6. The predicted molar refractivity (Wildman–Crippen MR) is 288 cm³/mol. The van der Waals surface area contributed by atoms with Crippen molar-refractivity contribution in [1.29, 1.82) is 0 Å². The molecule has 0 aromatic heterocycles. The van der Waals surface area contributed by atoms with Crippen LogP contribution in [0.4, 0.5) is 0 Å². The SMILES string of the molecule is CC/C=C\C/C=C\C/C=C\C/C=C\C/C=C\C/C=C\C/C=C\CCCCCC(=O)OCC(COC(=O)CCCCCCCCCCCCCC)OC(=O)CCCCCCC/C=C\CCCCC. The summed E-state index contributed by atoms with van der Waals surface area (Å²) in [5, 5.41) is 0. The van der Waals surface area contributed by atoms with Crippen molar-refractivity contribution in [3.63, 3.8) is 0 Å². The molecule has 0 heterocycles. The van der Waals surface area contributed by atoms with Crippen LogP contribution in [-0.2, 0) is 28.6 Å². The average molecular weight is 931 g/mol. The minimum Gasteiger partial charge on any atom is -0.462 e. The van der Waals surface area contributed by atoms with Gasteiger partial charge in [-0.3, -0.25) is 14.4 Å². The van der Waals surface area contributed by atoms with Gasteiger partial charge in [-0.2, -0.15) is 0 Å². The van der Waals surface area contributed by atoms with Crippen LogP contribution in [0.1, 0.15) is 252 Å². The Morgan fingerprint density at radius 3 is 0.970 bits per heavy atom. The molecule has 0 fully saturated rings. The number of carbonyl (C=O) groups excluding carboxylic acids is 3. The molecule has 6 heteroatoms. The molecular formula is C61H102O6. The maximum atomic E-state index is 12.8. The molecule has 382 valence electrons. The molecule has 0 saturated carbocycles. The van der Waals surface area contributed by atoms with Gasteiger partial charge in [-0.15, -0.1) is 0 Å². The number of rotatable bonds is 49. The molecule has 0 rings (SSSR count). The summed E-state index contributed by atoms with van der Waals surface area (Å²) >= 11 is 0. The van der Waals surface area contributed by atoms with E-state index in [1.165, 1.54) is 89.9 Å².